The summed E-state index contributed by atoms with van der Waals surface area (Å²) in [5, 5.41) is 17.5. The normalized spacial score (nSPS) is 10.7. The van der Waals surface area contributed by atoms with Crippen LogP contribution < -0.4 is 9.47 Å². The zero-order chi connectivity index (χ0) is 15.4. The molecule has 110 valence electrons. The molecule has 0 bridgehead atoms. The third kappa shape index (κ3) is 3.88. The molecular weight excluding hydrogens is 264 g/mol. The van der Waals surface area contributed by atoms with Crippen LogP contribution in [0.4, 0.5) is 9.59 Å². The van der Waals surface area contributed by atoms with Gasteiger partial charge in [0.15, 0.2) is 11.5 Å². The van der Waals surface area contributed by atoms with Gasteiger partial charge in [-0.25, -0.2) is 9.59 Å². The van der Waals surface area contributed by atoms with E-state index in [4.69, 9.17) is 14.9 Å². The molecule has 1 rings (SSSR count). The highest BCUT2D eigenvalue weighted by molar-refractivity contribution is 5.69. The van der Waals surface area contributed by atoms with Gasteiger partial charge >= 0.3 is 12.3 Å². The Morgan fingerprint density at radius 1 is 0.950 bits per heavy atom. The molecule has 0 heterocycles. The largest absolute Gasteiger partial charge is 0.511 e. The molecule has 0 spiro atoms. The molecule has 0 aliphatic heterocycles. The summed E-state index contributed by atoms with van der Waals surface area (Å²) in [6.07, 6.45) is -3.03. The first-order valence-electron chi connectivity index (χ1n) is 6.21. The fourth-order valence-corrected chi connectivity index (χ4v) is 1.77. The molecule has 0 radical (unpaired) electrons. The Bertz CT molecular complexity index is 519. The molecule has 1 aromatic rings. The highest BCUT2D eigenvalue weighted by atomic mass is 16.7. The lowest BCUT2D eigenvalue weighted by Crippen LogP contribution is -2.11. The molecule has 0 fully saturated rings. The summed E-state index contributed by atoms with van der Waals surface area (Å²) < 4.78 is 9.36. The first-order valence-corrected chi connectivity index (χ1v) is 6.21. The third-order valence-corrected chi connectivity index (χ3v) is 2.78. The quantitative estimate of drug-likeness (QED) is 0.639. The van der Waals surface area contributed by atoms with Gasteiger partial charge in [0, 0.05) is 5.56 Å². The van der Waals surface area contributed by atoms with Crippen molar-refractivity contribution in [3.63, 3.8) is 0 Å². The second-order valence-corrected chi connectivity index (χ2v) is 4.98. The van der Waals surface area contributed by atoms with Gasteiger partial charge in [-0.3, -0.25) is 0 Å². The van der Waals surface area contributed by atoms with E-state index >= 15 is 0 Å². The maximum Gasteiger partial charge on any atom is 0.511 e. The Hall–Kier alpha value is -2.24. The van der Waals surface area contributed by atoms with Crippen LogP contribution in [0.1, 0.15) is 50.7 Å². The minimum absolute atomic E-state index is 0.0424. The molecule has 0 atom stereocenters. The molecule has 0 amide bonds. The fourth-order valence-electron chi connectivity index (χ4n) is 1.77. The summed E-state index contributed by atoms with van der Waals surface area (Å²) >= 11 is 0. The van der Waals surface area contributed by atoms with E-state index in [1.54, 1.807) is 0 Å². The zero-order valence-corrected chi connectivity index (χ0v) is 11.8. The highest BCUT2D eigenvalue weighted by Crippen LogP contribution is 2.39. The van der Waals surface area contributed by atoms with Crippen LogP contribution in [0.25, 0.3) is 0 Å². The van der Waals surface area contributed by atoms with Crippen molar-refractivity contribution in [1.29, 1.82) is 0 Å². The SMILES string of the molecule is CC(C)c1cc(OC(=O)O)c(OC(=O)O)c(C(C)C)c1. The lowest BCUT2D eigenvalue weighted by atomic mass is 9.94. The summed E-state index contributed by atoms with van der Waals surface area (Å²) in [7, 11) is 0. The van der Waals surface area contributed by atoms with Crippen LogP contribution >= 0.6 is 0 Å². The zero-order valence-electron chi connectivity index (χ0n) is 11.8. The van der Waals surface area contributed by atoms with E-state index in [0.29, 0.717) is 5.56 Å². The van der Waals surface area contributed by atoms with Crippen molar-refractivity contribution in [3.8, 4) is 11.5 Å². The molecule has 6 heteroatoms. The maximum atomic E-state index is 10.8. The van der Waals surface area contributed by atoms with Gasteiger partial charge in [0.2, 0.25) is 0 Å². The Labute approximate surface area is 116 Å². The topological polar surface area (TPSA) is 93.1 Å². The third-order valence-electron chi connectivity index (χ3n) is 2.78. The molecule has 0 unspecified atom stereocenters. The van der Waals surface area contributed by atoms with Crippen molar-refractivity contribution >= 4 is 12.3 Å². The summed E-state index contributed by atoms with van der Waals surface area (Å²) in [5.41, 5.74) is 1.44. The van der Waals surface area contributed by atoms with E-state index in [1.165, 1.54) is 6.07 Å². The second-order valence-electron chi connectivity index (χ2n) is 4.98. The van der Waals surface area contributed by atoms with E-state index in [9.17, 15) is 9.59 Å². The van der Waals surface area contributed by atoms with Gasteiger partial charge in [-0.15, -0.1) is 0 Å². The number of rotatable bonds is 4. The average Bonchev–Trinajstić information content (AvgIpc) is 2.28. The molecular formula is C14H18O6. The number of hydrogen-bond acceptors (Lipinski definition) is 4. The van der Waals surface area contributed by atoms with Gasteiger partial charge in [-0.1, -0.05) is 33.8 Å². The van der Waals surface area contributed by atoms with E-state index < -0.39 is 12.3 Å². The first-order chi connectivity index (χ1) is 9.22. The van der Waals surface area contributed by atoms with Gasteiger partial charge in [0.1, 0.15) is 0 Å². The Morgan fingerprint density at radius 2 is 1.50 bits per heavy atom. The lowest BCUT2D eigenvalue weighted by Gasteiger charge is -2.18. The average molecular weight is 282 g/mol. The molecule has 0 saturated heterocycles. The Kier molecular flexibility index (Phi) is 4.96. The lowest BCUT2D eigenvalue weighted by molar-refractivity contribution is 0.132. The summed E-state index contributed by atoms with van der Waals surface area (Å²) in [5.74, 6) is -0.0733. The predicted molar refractivity (Wildman–Crippen MR) is 71.9 cm³/mol. The van der Waals surface area contributed by atoms with Crippen molar-refractivity contribution < 1.29 is 29.3 Å². The maximum absolute atomic E-state index is 10.8. The molecule has 0 saturated carbocycles. The van der Waals surface area contributed by atoms with Crippen LogP contribution in [-0.2, 0) is 0 Å². The van der Waals surface area contributed by atoms with Gasteiger partial charge in [0.25, 0.3) is 0 Å². The van der Waals surface area contributed by atoms with Crippen LogP contribution in [0.5, 0.6) is 11.5 Å². The summed E-state index contributed by atoms with van der Waals surface area (Å²) in [6.45, 7) is 7.61. The molecule has 1 aromatic carbocycles. The number of hydrogen-bond donors (Lipinski definition) is 2. The van der Waals surface area contributed by atoms with Gasteiger partial charge < -0.3 is 19.7 Å². The van der Waals surface area contributed by atoms with Crippen molar-refractivity contribution in [1.82, 2.24) is 0 Å². The van der Waals surface area contributed by atoms with Crippen molar-refractivity contribution in [2.24, 2.45) is 0 Å². The molecule has 0 aliphatic rings. The van der Waals surface area contributed by atoms with Crippen LogP contribution in [-0.4, -0.2) is 22.5 Å². The Balaban J connectivity index is 3.48. The standard InChI is InChI=1S/C14H18O6/c1-7(2)9-5-10(8(3)4)12(20-14(17)18)11(6-9)19-13(15)16/h5-8H,1-4H3,(H,15,16)(H,17,18). The monoisotopic (exact) mass is 282 g/mol. The van der Waals surface area contributed by atoms with Gasteiger partial charge in [-0.05, 0) is 23.5 Å². The minimum atomic E-state index is -1.52. The number of carboxylic acid groups (broad SMARTS) is 2. The molecule has 20 heavy (non-hydrogen) atoms. The number of carbonyl (C=O) groups is 2. The highest BCUT2D eigenvalue weighted by Gasteiger charge is 2.21. The summed E-state index contributed by atoms with van der Waals surface area (Å²) in [6, 6.07) is 3.30. The van der Waals surface area contributed by atoms with Gasteiger partial charge in [0.05, 0.1) is 0 Å². The Morgan fingerprint density at radius 3 is 1.90 bits per heavy atom. The van der Waals surface area contributed by atoms with Crippen LogP contribution in [0.2, 0.25) is 0 Å². The van der Waals surface area contributed by atoms with Crippen molar-refractivity contribution in [3.05, 3.63) is 23.3 Å². The van der Waals surface area contributed by atoms with E-state index in [-0.39, 0.29) is 23.3 Å². The minimum Gasteiger partial charge on any atom is -0.449 e. The van der Waals surface area contributed by atoms with Crippen LogP contribution in [0.15, 0.2) is 12.1 Å². The molecule has 6 nitrogen and oxygen atoms in total. The molecule has 2 N–H and O–H groups in total. The molecule has 0 aliphatic carbocycles. The smallest absolute Gasteiger partial charge is 0.449 e. The first kappa shape index (κ1) is 15.8. The van der Waals surface area contributed by atoms with Crippen molar-refractivity contribution in [2.45, 2.75) is 39.5 Å². The molecule has 0 aromatic heterocycles. The number of ether oxygens (including phenoxy) is 2. The van der Waals surface area contributed by atoms with Crippen LogP contribution in [0.3, 0.4) is 0 Å². The van der Waals surface area contributed by atoms with E-state index in [2.05, 4.69) is 4.74 Å². The second kappa shape index (κ2) is 6.27. The number of benzene rings is 1. The fraction of sp³-hybridized carbons (Fsp3) is 0.429. The van der Waals surface area contributed by atoms with Crippen LogP contribution in [0, 0.1) is 0 Å². The summed E-state index contributed by atoms with van der Waals surface area (Å²) in [4.78, 5) is 21.5. The predicted octanol–water partition coefficient (Wildman–Crippen LogP) is 4.05. The van der Waals surface area contributed by atoms with Crippen molar-refractivity contribution in [2.75, 3.05) is 0 Å². The van der Waals surface area contributed by atoms with E-state index in [0.717, 1.165) is 5.56 Å². The van der Waals surface area contributed by atoms with E-state index in [1.807, 2.05) is 33.8 Å². The van der Waals surface area contributed by atoms with Gasteiger partial charge in [-0.2, -0.15) is 0 Å².